The number of rotatable bonds is 9. The van der Waals surface area contributed by atoms with Crippen molar-refractivity contribution in [3.05, 3.63) is 77.6 Å². The second kappa shape index (κ2) is 10.1. The molecule has 32 heavy (non-hydrogen) atoms. The number of ether oxygens (including phenoxy) is 3. The second-order valence-electron chi connectivity index (χ2n) is 7.09. The Labute approximate surface area is 184 Å². The lowest BCUT2D eigenvalue weighted by Gasteiger charge is -2.14. The van der Waals surface area contributed by atoms with E-state index in [4.69, 9.17) is 9.47 Å². The number of carbonyl (C=O) groups is 2. The molecule has 0 saturated carbocycles. The molecule has 0 aliphatic heterocycles. The number of esters is 1. The Bertz CT molecular complexity index is 1080. The minimum Gasteiger partial charge on any atom is -0.482 e. The zero-order valence-corrected chi connectivity index (χ0v) is 17.9. The van der Waals surface area contributed by atoms with Gasteiger partial charge in [0.05, 0.1) is 0 Å². The number of nitrogens with zero attached hydrogens (tertiary/aromatic N) is 1. The number of Topliss-reactive ketones (excluding diaryl/α,β-unsaturated/α-hetero) is 1. The van der Waals surface area contributed by atoms with Crippen molar-refractivity contribution in [1.29, 1.82) is 0 Å². The lowest BCUT2D eigenvalue weighted by atomic mass is 10.1. The molecule has 168 valence electrons. The van der Waals surface area contributed by atoms with Crippen molar-refractivity contribution < 1.29 is 32.6 Å². The lowest BCUT2D eigenvalue weighted by molar-refractivity contribution is -0.148. The van der Waals surface area contributed by atoms with Gasteiger partial charge < -0.3 is 18.8 Å². The van der Waals surface area contributed by atoms with Crippen molar-refractivity contribution in [3.63, 3.8) is 0 Å². The molecule has 1 atom stereocenters. The van der Waals surface area contributed by atoms with Gasteiger partial charge in [-0.2, -0.15) is 8.78 Å². The van der Waals surface area contributed by atoms with Crippen molar-refractivity contribution in [1.82, 2.24) is 4.57 Å². The van der Waals surface area contributed by atoms with Crippen LogP contribution in [-0.4, -0.2) is 35.6 Å². The highest BCUT2D eigenvalue weighted by atomic mass is 19.3. The summed E-state index contributed by atoms with van der Waals surface area (Å²) in [6.45, 7) is 1.87. The third-order valence-electron chi connectivity index (χ3n) is 4.79. The first-order chi connectivity index (χ1) is 15.3. The molecule has 0 bridgehead atoms. The van der Waals surface area contributed by atoms with Gasteiger partial charge in [-0.3, -0.25) is 4.79 Å². The quantitative estimate of drug-likeness (QED) is 0.348. The van der Waals surface area contributed by atoms with Crippen LogP contribution in [0, 0.1) is 13.8 Å². The number of halogens is 2. The number of ketones is 1. The molecule has 1 aromatic heterocycles. The minimum atomic E-state index is -2.90. The van der Waals surface area contributed by atoms with Gasteiger partial charge in [0.15, 0.2) is 12.7 Å². The van der Waals surface area contributed by atoms with Gasteiger partial charge >= 0.3 is 12.6 Å². The summed E-state index contributed by atoms with van der Waals surface area (Å²) in [5.74, 6) is -0.439. The highest BCUT2D eigenvalue weighted by Crippen LogP contribution is 2.24. The molecule has 0 amide bonds. The van der Waals surface area contributed by atoms with E-state index < -0.39 is 18.7 Å². The largest absolute Gasteiger partial charge is 0.482 e. The molecule has 0 radical (unpaired) electrons. The Balaban J connectivity index is 1.68. The Hall–Kier alpha value is -3.68. The number of carbonyl (C=O) groups excluding carboxylic acids is 2. The zero-order chi connectivity index (χ0) is 23.3. The molecule has 0 N–H and O–H groups in total. The van der Waals surface area contributed by atoms with Gasteiger partial charge in [0.25, 0.3) is 0 Å². The molecule has 0 spiro atoms. The van der Waals surface area contributed by atoms with Crippen LogP contribution in [0.3, 0.4) is 0 Å². The summed E-state index contributed by atoms with van der Waals surface area (Å²) in [6.07, 6.45) is -1.00. The topological polar surface area (TPSA) is 66.8 Å². The highest BCUT2D eigenvalue weighted by molar-refractivity contribution is 6.01. The third kappa shape index (κ3) is 5.51. The Morgan fingerprint density at radius 3 is 2.25 bits per heavy atom. The number of para-hydroxylation sites is 1. The minimum absolute atomic E-state index is 0.0424. The van der Waals surface area contributed by atoms with Crippen molar-refractivity contribution in [3.8, 4) is 17.2 Å². The van der Waals surface area contributed by atoms with E-state index in [0.29, 0.717) is 22.7 Å². The Morgan fingerprint density at radius 1 is 0.969 bits per heavy atom. The monoisotopic (exact) mass is 443 g/mol. The van der Waals surface area contributed by atoms with Crippen LogP contribution in [0.15, 0.2) is 60.7 Å². The van der Waals surface area contributed by atoms with Gasteiger partial charge in [-0.05, 0) is 63.2 Å². The SMILES string of the molecule is Cc1cc(C(=O)C(C)OC(=O)COc2ccccc2)c(C)n1-c1ccc(OC(F)F)cc1. The van der Waals surface area contributed by atoms with Gasteiger partial charge in [-0.15, -0.1) is 0 Å². The fraction of sp³-hybridized carbons (Fsp3) is 0.250. The summed E-state index contributed by atoms with van der Waals surface area (Å²) >= 11 is 0. The van der Waals surface area contributed by atoms with Gasteiger partial charge in [0.2, 0.25) is 5.78 Å². The molecule has 0 aliphatic carbocycles. The van der Waals surface area contributed by atoms with E-state index in [1.807, 2.05) is 17.6 Å². The molecular formula is C24H23F2NO5. The summed E-state index contributed by atoms with van der Waals surface area (Å²) < 4.78 is 41.5. The van der Waals surface area contributed by atoms with Crippen LogP contribution in [0.25, 0.3) is 5.69 Å². The number of hydrogen-bond donors (Lipinski definition) is 0. The molecule has 1 unspecified atom stereocenters. The van der Waals surface area contributed by atoms with E-state index in [0.717, 1.165) is 5.69 Å². The summed E-state index contributed by atoms with van der Waals surface area (Å²) in [4.78, 5) is 25.0. The van der Waals surface area contributed by atoms with E-state index >= 15 is 0 Å². The van der Waals surface area contributed by atoms with E-state index in [9.17, 15) is 18.4 Å². The first-order valence-electron chi connectivity index (χ1n) is 9.92. The fourth-order valence-electron chi connectivity index (χ4n) is 3.35. The molecule has 3 aromatic rings. The number of aromatic nitrogens is 1. The highest BCUT2D eigenvalue weighted by Gasteiger charge is 2.24. The van der Waals surface area contributed by atoms with Crippen molar-refractivity contribution in [2.24, 2.45) is 0 Å². The van der Waals surface area contributed by atoms with Crippen molar-refractivity contribution in [2.45, 2.75) is 33.5 Å². The van der Waals surface area contributed by atoms with Crippen molar-refractivity contribution in [2.75, 3.05) is 6.61 Å². The van der Waals surface area contributed by atoms with Crippen LogP contribution < -0.4 is 9.47 Å². The zero-order valence-electron chi connectivity index (χ0n) is 17.9. The van der Waals surface area contributed by atoms with Gasteiger partial charge in [0.1, 0.15) is 11.5 Å². The van der Waals surface area contributed by atoms with Crippen LogP contribution in [-0.2, 0) is 9.53 Å². The summed E-state index contributed by atoms with van der Waals surface area (Å²) in [5.41, 5.74) is 2.49. The van der Waals surface area contributed by atoms with Crippen LogP contribution in [0.4, 0.5) is 8.78 Å². The first kappa shape index (κ1) is 23.0. The molecule has 6 nitrogen and oxygen atoms in total. The smallest absolute Gasteiger partial charge is 0.387 e. The normalized spacial score (nSPS) is 11.8. The van der Waals surface area contributed by atoms with Gasteiger partial charge in [-0.25, -0.2) is 4.79 Å². The number of alkyl halides is 2. The van der Waals surface area contributed by atoms with E-state index in [1.54, 1.807) is 49.4 Å². The van der Waals surface area contributed by atoms with Crippen LogP contribution in [0.1, 0.15) is 28.7 Å². The average molecular weight is 443 g/mol. The lowest BCUT2D eigenvalue weighted by Crippen LogP contribution is -2.27. The number of aryl methyl sites for hydroxylation is 1. The molecule has 3 rings (SSSR count). The number of benzene rings is 2. The molecule has 0 fully saturated rings. The first-order valence-corrected chi connectivity index (χ1v) is 9.92. The average Bonchev–Trinajstić information content (AvgIpc) is 3.06. The van der Waals surface area contributed by atoms with Gasteiger partial charge in [0, 0.05) is 22.6 Å². The van der Waals surface area contributed by atoms with E-state index in [-0.39, 0.29) is 18.1 Å². The number of hydrogen-bond acceptors (Lipinski definition) is 5. The Morgan fingerprint density at radius 2 is 1.62 bits per heavy atom. The van der Waals surface area contributed by atoms with Gasteiger partial charge in [-0.1, -0.05) is 18.2 Å². The van der Waals surface area contributed by atoms with E-state index in [2.05, 4.69) is 4.74 Å². The maximum Gasteiger partial charge on any atom is 0.387 e. The van der Waals surface area contributed by atoms with Crippen LogP contribution >= 0.6 is 0 Å². The summed E-state index contributed by atoms with van der Waals surface area (Å²) in [6, 6.07) is 16.6. The molecule has 0 saturated heterocycles. The van der Waals surface area contributed by atoms with Crippen LogP contribution in [0.2, 0.25) is 0 Å². The molecule has 2 aromatic carbocycles. The maximum atomic E-state index is 12.9. The van der Waals surface area contributed by atoms with E-state index in [1.165, 1.54) is 19.1 Å². The van der Waals surface area contributed by atoms with Crippen LogP contribution in [0.5, 0.6) is 11.5 Å². The third-order valence-corrected chi connectivity index (χ3v) is 4.79. The Kier molecular flexibility index (Phi) is 7.25. The molecule has 0 aliphatic rings. The summed E-state index contributed by atoms with van der Waals surface area (Å²) in [7, 11) is 0. The molecule has 1 heterocycles. The molecular weight excluding hydrogens is 420 g/mol. The maximum absolute atomic E-state index is 12.9. The van der Waals surface area contributed by atoms with Crippen molar-refractivity contribution >= 4 is 11.8 Å². The second-order valence-corrected chi connectivity index (χ2v) is 7.09. The summed E-state index contributed by atoms with van der Waals surface area (Å²) in [5, 5.41) is 0. The predicted molar refractivity (Wildman–Crippen MR) is 114 cm³/mol. The standard InChI is InChI=1S/C24H23F2NO5/c1-15-13-21(16(2)27(15)18-9-11-20(12-10-18)32-24(25)26)23(29)17(3)31-22(28)14-30-19-7-5-4-6-8-19/h4-13,17,24H,14H2,1-3H3. The fourth-order valence-corrected chi connectivity index (χ4v) is 3.35. The molecule has 8 heteroatoms. The predicted octanol–water partition coefficient (Wildman–Crippen LogP) is 4.89.